The van der Waals surface area contributed by atoms with Crippen LogP contribution in [0.5, 0.6) is 5.75 Å². The van der Waals surface area contributed by atoms with E-state index in [9.17, 15) is 0 Å². The number of guanidine groups is 1. The van der Waals surface area contributed by atoms with Crippen LogP contribution in [0.25, 0.3) is 0 Å². The Labute approximate surface area is 151 Å². The van der Waals surface area contributed by atoms with E-state index < -0.39 is 0 Å². The monoisotopic (exact) mass is 345 g/mol. The number of methoxy groups -OCH3 is 1. The van der Waals surface area contributed by atoms with Gasteiger partial charge in [-0.3, -0.25) is 4.99 Å². The van der Waals surface area contributed by atoms with Crippen LogP contribution < -0.4 is 10.1 Å². The molecule has 0 aliphatic carbocycles. The van der Waals surface area contributed by atoms with Gasteiger partial charge in [0, 0.05) is 38.3 Å². The third kappa shape index (κ3) is 4.27. The minimum atomic E-state index is 0.0604. The van der Waals surface area contributed by atoms with Crippen molar-refractivity contribution in [3.8, 4) is 5.75 Å². The molecule has 5 nitrogen and oxygen atoms in total. The topological polar surface area (TPSA) is 46.1 Å². The second-order valence-corrected chi connectivity index (χ2v) is 6.99. The van der Waals surface area contributed by atoms with Gasteiger partial charge in [-0.15, -0.1) is 0 Å². The molecule has 2 heterocycles. The predicted molar refractivity (Wildman–Crippen MR) is 102 cm³/mol. The molecule has 0 unspecified atom stereocenters. The lowest BCUT2D eigenvalue weighted by Gasteiger charge is -2.37. The Balaban J connectivity index is 1.82. The van der Waals surface area contributed by atoms with Crippen molar-refractivity contribution in [3.05, 3.63) is 29.8 Å². The van der Waals surface area contributed by atoms with Crippen LogP contribution in [0.4, 0.5) is 0 Å². The number of hydrogen-bond donors (Lipinski definition) is 1. The van der Waals surface area contributed by atoms with Gasteiger partial charge >= 0.3 is 0 Å². The largest absolute Gasteiger partial charge is 0.497 e. The van der Waals surface area contributed by atoms with E-state index in [1.54, 1.807) is 7.11 Å². The summed E-state index contributed by atoms with van der Waals surface area (Å²) in [5.74, 6) is 1.97. The molecule has 2 aliphatic rings. The van der Waals surface area contributed by atoms with E-state index in [4.69, 9.17) is 14.5 Å². The van der Waals surface area contributed by atoms with Crippen molar-refractivity contribution in [2.75, 3.05) is 46.5 Å². The number of ether oxygens (including phenoxy) is 2. The van der Waals surface area contributed by atoms with Crippen LogP contribution in [0.2, 0.25) is 0 Å². The third-order valence-electron chi connectivity index (χ3n) is 5.42. The molecule has 0 bridgehead atoms. The van der Waals surface area contributed by atoms with E-state index in [-0.39, 0.29) is 5.41 Å². The standard InChI is InChI=1S/C20H31N3O2/c1-3-21-19(23-12-4-5-13-23)22-16-20(10-14-25-15-11-20)17-6-8-18(24-2)9-7-17/h6-9H,3-5,10-16H2,1-2H3,(H,21,22). The van der Waals surface area contributed by atoms with Crippen LogP contribution in [-0.4, -0.2) is 57.4 Å². The smallest absolute Gasteiger partial charge is 0.193 e. The van der Waals surface area contributed by atoms with E-state index in [0.717, 1.165) is 63.9 Å². The average Bonchev–Trinajstić information content (AvgIpc) is 3.20. The predicted octanol–water partition coefficient (Wildman–Crippen LogP) is 2.80. The highest BCUT2D eigenvalue weighted by Gasteiger charge is 2.34. The molecule has 1 N–H and O–H groups in total. The Kier molecular flexibility index (Phi) is 6.19. The summed E-state index contributed by atoms with van der Waals surface area (Å²) in [6, 6.07) is 8.51. The van der Waals surface area contributed by atoms with Crippen molar-refractivity contribution in [2.24, 2.45) is 4.99 Å². The van der Waals surface area contributed by atoms with Crippen molar-refractivity contribution in [1.82, 2.24) is 10.2 Å². The molecule has 3 rings (SSSR count). The molecule has 0 radical (unpaired) electrons. The fraction of sp³-hybridized carbons (Fsp3) is 0.650. The Bertz CT molecular complexity index is 559. The summed E-state index contributed by atoms with van der Waals surface area (Å²) in [4.78, 5) is 7.45. The number of nitrogens with one attached hydrogen (secondary N) is 1. The number of benzene rings is 1. The van der Waals surface area contributed by atoms with E-state index in [1.807, 2.05) is 0 Å². The Hall–Kier alpha value is -1.75. The fourth-order valence-corrected chi connectivity index (χ4v) is 3.83. The Morgan fingerprint density at radius 1 is 1.20 bits per heavy atom. The van der Waals surface area contributed by atoms with Gasteiger partial charge in [0.25, 0.3) is 0 Å². The van der Waals surface area contributed by atoms with Gasteiger partial charge in [-0.1, -0.05) is 12.1 Å². The maximum absolute atomic E-state index is 5.65. The highest BCUT2D eigenvalue weighted by Crippen LogP contribution is 2.36. The van der Waals surface area contributed by atoms with Gasteiger partial charge in [0.1, 0.15) is 5.75 Å². The molecule has 5 heteroatoms. The Morgan fingerprint density at radius 3 is 2.48 bits per heavy atom. The maximum Gasteiger partial charge on any atom is 0.193 e. The molecular formula is C20H31N3O2. The van der Waals surface area contributed by atoms with Gasteiger partial charge in [0.15, 0.2) is 5.96 Å². The van der Waals surface area contributed by atoms with Crippen molar-refractivity contribution in [2.45, 2.75) is 38.0 Å². The highest BCUT2D eigenvalue weighted by atomic mass is 16.5. The molecule has 2 aliphatic heterocycles. The van der Waals surface area contributed by atoms with Crippen LogP contribution in [0.3, 0.4) is 0 Å². The molecule has 0 aromatic heterocycles. The van der Waals surface area contributed by atoms with Crippen LogP contribution in [0.15, 0.2) is 29.3 Å². The van der Waals surface area contributed by atoms with Crippen LogP contribution >= 0.6 is 0 Å². The summed E-state index contributed by atoms with van der Waals surface area (Å²) in [7, 11) is 1.71. The first-order chi connectivity index (χ1) is 12.3. The number of likely N-dealkylation sites (tertiary alicyclic amines) is 1. The first-order valence-electron chi connectivity index (χ1n) is 9.53. The molecule has 0 amide bonds. The van der Waals surface area contributed by atoms with Crippen LogP contribution in [0.1, 0.15) is 38.2 Å². The summed E-state index contributed by atoms with van der Waals surface area (Å²) >= 11 is 0. The number of hydrogen-bond acceptors (Lipinski definition) is 3. The van der Waals surface area contributed by atoms with Gasteiger partial charge in [-0.05, 0) is 50.3 Å². The van der Waals surface area contributed by atoms with Gasteiger partial charge in [0.2, 0.25) is 0 Å². The van der Waals surface area contributed by atoms with Crippen molar-refractivity contribution >= 4 is 5.96 Å². The molecule has 0 atom stereocenters. The van der Waals surface area contributed by atoms with E-state index in [0.29, 0.717) is 0 Å². The van der Waals surface area contributed by atoms with E-state index >= 15 is 0 Å². The summed E-state index contributed by atoms with van der Waals surface area (Å²) in [5, 5.41) is 3.48. The van der Waals surface area contributed by atoms with E-state index in [1.165, 1.54) is 18.4 Å². The number of aliphatic imine (C=N–C) groups is 1. The normalized spacial score (nSPS) is 20.6. The van der Waals surface area contributed by atoms with E-state index in [2.05, 4.69) is 41.4 Å². The molecule has 1 aromatic carbocycles. The zero-order chi connectivity index (χ0) is 17.5. The fourth-order valence-electron chi connectivity index (χ4n) is 3.83. The van der Waals surface area contributed by atoms with Gasteiger partial charge in [-0.25, -0.2) is 0 Å². The van der Waals surface area contributed by atoms with Gasteiger partial charge in [0.05, 0.1) is 13.7 Å². The Morgan fingerprint density at radius 2 is 1.88 bits per heavy atom. The summed E-state index contributed by atoms with van der Waals surface area (Å²) in [5.41, 5.74) is 1.41. The first-order valence-corrected chi connectivity index (χ1v) is 9.53. The molecule has 0 spiro atoms. The van der Waals surface area contributed by atoms with Crippen LogP contribution in [0, 0.1) is 0 Å². The summed E-state index contributed by atoms with van der Waals surface area (Å²) in [6.07, 6.45) is 4.56. The first kappa shape index (κ1) is 18.1. The quantitative estimate of drug-likeness (QED) is 0.658. The number of rotatable bonds is 5. The maximum atomic E-state index is 5.65. The zero-order valence-corrected chi connectivity index (χ0v) is 15.6. The lowest BCUT2D eigenvalue weighted by Crippen LogP contribution is -2.42. The lowest BCUT2D eigenvalue weighted by molar-refractivity contribution is 0.0530. The average molecular weight is 345 g/mol. The second-order valence-electron chi connectivity index (χ2n) is 6.99. The summed E-state index contributed by atoms with van der Waals surface area (Å²) < 4.78 is 11.0. The van der Waals surface area contributed by atoms with Gasteiger partial charge in [-0.2, -0.15) is 0 Å². The molecular weight excluding hydrogens is 314 g/mol. The van der Waals surface area contributed by atoms with Crippen LogP contribution in [-0.2, 0) is 10.2 Å². The molecule has 25 heavy (non-hydrogen) atoms. The molecule has 1 aromatic rings. The second kappa shape index (κ2) is 8.56. The number of nitrogens with zero attached hydrogens (tertiary/aromatic N) is 2. The summed E-state index contributed by atoms with van der Waals surface area (Å²) in [6.45, 7) is 7.70. The lowest BCUT2D eigenvalue weighted by atomic mass is 9.74. The van der Waals surface area contributed by atoms with Gasteiger partial charge < -0.3 is 19.7 Å². The highest BCUT2D eigenvalue weighted by molar-refractivity contribution is 5.80. The van der Waals surface area contributed by atoms with Crippen molar-refractivity contribution in [3.63, 3.8) is 0 Å². The van der Waals surface area contributed by atoms with Crippen molar-refractivity contribution in [1.29, 1.82) is 0 Å². The molecule has 138 valence electrons. The van der Waals surface area contributed by atoms with Crippen molar-refractivity contribution < 1.29 is 9.47 Å². The minimum Gasteiger partial charge on any atom is -0.497 e. The molecule has 0 saturated carbocycles. The molecule has 2 fully saturated rings. The minimum absolute atomic E-state index is 0.0604. The molecule has 2 saturated heterocycles. The third-order valence-corrected chi connectivity index (χ3v) is 5.42. The SMILES string of the molecule is CCNC(=NCC1(c2ccc(OC)cc2)CCOCC1)N1CCCC1. The zero-order valence-electron chi connectivity index (χ0n) is 15.6.